The van der Waals surface area contributed by atoms with Gasteiger partial charge in [0.1, 0.15) is 23.3 Å². The molecule has 0 amide bonds. The number of benzene rings is 1. The van der Waals surface area contributed by atoms with Crippen LogP contribution in [0.25, 0.3) is 0 Å². The van der Waals surface area contributed by atoms with Crippen molar-refractivity contribution in [3.05, 3.63) is 40.8 Å². The van der Waals surface area contributed by atoms with E-state index in [9.17, 15) is 9.18 Å². The predicted molar refractivity (Wildman–Crippen MR) is 69.3 cm³/mol. The molecule has 0 fully saturated rings. The van der Waals surface area contributed by atoms with E-state index >= 15 is 0 Å². The van der Waals surface area contributed by atoms with E-state index < -0.39 is 17.3 Å². The van der Waals surface area contributed by atoms with Crippen molar-refractivity contribution in [2.75, 3.05) is 5.32 Å². The molecule has 1 aromatic carbocycles. The maximum Gasteiger partial charge on any atom is 0.338 e. The largest absolute Gasteiger partial charge is 0.478 e. The SMILES string of the molecule is Cc1nn(C)c(Nc2ccc(C(=O)O)c(F)c2)c1C#N. The van der Waals surface area contributed by atoms with Gasteiger partial charge in [0.15, 0.2) is 0 Å². The smallest absolute Gasteiger partial charge is 0.338 e. The molecule has 0 saturated heterocycles. The highest BCUT2D eigenvalue weighted by atomic mass is 19.1. The van der Waals surface area contributed by atoms with Gasteiger partial charge in [-0.1, -0.05) is 0 Å². The van der Waals surface area contributed by atoms with Crippen molar-refractivity contribution in [3.63, 3.8) is 0 Å². The molecule has 2 N–H and O–H groups in total. The fraction of sp³-hybridized carbons (Fsp3) is 0.154. The molecule has 0 spiro atoms. The number of hydrogen-bond acceptors (Lipinski definition) is 4. The summed E-state index contributed by atoms with van der Waals surface area (Å²) < 4.78 is 15.1. The van der Waals surface area contributed by atoms with E-state index in [1.807, 2.05) is 6.07 Å². The molecule has 6 nitrogen and oxygen atoms in total. The second-order valence-electron chi connectivity index (χ2n) is 4.17. The molecule has 1 aromatic heterocycles. The lowest BCUT2D eigenvalue weighted by Crippen LogP contribution is -2.03. The first-order valence-electron chi connectivity index (χ1n) is 5.67. The van der Waals surface area contributed by atoms with Crippen molar-refractivity contribution in [2.45, 2.75) is 6.92 Å². The van der Waals surface area contributed by atoms with Crippen LogP contribution in [-0.2, 0) is 7.05 Å². The Morgan fingerprint density at radius 1 is 1.55 bits per heavy atom. The molecule has 7 heteroatoms. The Morgan fingerprint density at radius 2 is 2.25 bits per heavy atom. The number of aromatic carboxylic acids is 1. The summed E-state index contributed by atoms with van der Waals surface area (Å²) in [5.41, 5.74) is 0.847. The van der Waals surface area contributed by atoms with Gasteiger partial charge in [0.2, 0.25) is 0 Å². The van der Waals surface area contributed by atoms with E-state index in [-0.39, 0.29) is 0 Å². The third-order valence-electron chi connectivity index (χ3n) is 2.80. The van der Waals surface area contributed by atoms with Crippen LogP contribution >= 0.6 is 0 Å². The van der Waals surface area contributed by atoms with Crippen LogP contribution in [0.3, 0.4) is 0 Å². The first kappa shape index (κ1) is 13.5. The molecular weight excluding hydrogens is 263 g/mol. The van der Waals surface area contributed by atoms with Crippen LogP contribution in [0.5, 0.6) is 0 Å². The minimum Gasteiger partial charge on any atom is -0.478 e. The average molecular weight is 274 g/mol. The summed E-state index contributed by atoms with van der Waals surface area (Å²) in [6, 6.07) is 5.67. The molecule has 0 atom stereocenters. The fourth-order valence-electron chi connectivity index (χ4n) is 1.84. The molecule has 0 bridgehead atoms. The zero-order valence-corrected chi connectivity index (χ0v) is 10.8. The standard InChI is InChI=1S/C13H11FN4O2/c1-7-10(6-15)12(18(2)17-7)16-8-3-4-9(13(19)20)11(14)5-8/h3-5,16H,1-2H3,(H,19,20). The number of carboxylic acid groups (broad SMARTS) is 1. The van der Waals surface area contributed by atoms with E-state index in [2.05, 4.69) is 10.4 Å². The number of nitriles is 1. The van der Waals surface area contributed by atoms with Crippen molar-refractivity contribution < 1.29 is 14.3 Å². The zero-order chi connectivity index (χ0) is 14.9. The summed E-state index contributed by atoms with van der Waals surface area (Å²) in [4.78, 5) is 10.7. The summed E-state index contributed by atoms with van der Waals surface area (Å²) in [6.45, 7) is 1.69. The number of aryl methyl sites for hydroxylation is 2. The molecular formula is C13H11FN4O2. The van der Waals surface area contributed by atoms with Crippen LogP contribution in [0.1, 0.15) is 21.6 Å². The average Bonchev–Trinajstić information content (AvgIpc) is 2.63. The highest BCUT2D eigenvalue weighted by molar-refractivity contribution is 5.88. The van der Waals surface area contributed by atoms with Crippen LogP contribution in [0, 0.1) is 24.1 Å². The number of carbonyl (C=O) groups is 1. The summed E-state index contributed by atoms with van der Waals surface area (Å²) in [7, 11) is 1.65. The van der Waals surface area contributed by atoms with E-state index in [4.69, 9.17) is 10.4 Å². The number of nitrogens with one attached hydrogen (secondary N) is 1. The fourth-order valence-corrected chi connectivity index (χ4v) is 1.84. The Hall–Kier alpha value is -2.88. The Kier molecular flexibility index (Phi) is 3.39. The van der Waals surface area contributed by atoms with Gasteiger partial charge >= 0.3 is 5.97 Å². The van der Waals surface area contributed by atoms with E-state index in [1.165, 1.54) is 10.7 Å². The van der Waals surface area contributed by atoms with Crippen molar-refractivity contribution in [1.29, 1.82) is 5.26 Å². The number of rotatable bonds is 3. The molecule has 2 aromatic rings. The number of anilines is 2. The van der Waals surface area contributed by atoms with Crippen molar-refractivity contribution >= 4 is 17.5 Å². The van der Waals surface area contributed by atoms with Crippen molar-refractivity contribution in [3.8, 4) is 6.07 Å². The Labute approximate surface area is 114 Å². The first-order valence-corrected chi connectivity index (χ1v) is 5.67. The third kappa shape index (κ3) is 2.31. The molecule has 0 radical (unpaired) electrons. The van der Waals surface area contributed by atoms with Crippen molar-refractivity contribution in [2.24, 2.45) is 7.05 Å². The van der Waals surface area contributed by atoms with Gasteiger partial charge < -0.3 is 10.4 Å². The lowest BCUT2D eigenvalue weighted by molar-refractivity contribution is 0.0692. The molecule has 0 aliphatic heterocycles. The number of nitrogens with zero attached hydrogens (tertiary/aromatic N) is 3. The second kappa shape index (κ2) is 5.01. The van der Waals surface area contributed by atoms with Crippen molar-refractivity contribution in [1.82, 2.24) is 9.78 Å². The maximum absolute atomic E-state index is 13.6. The van der Waals surface area contributed by atoms with E-state index in [0.717, 1.165) is 12.1 Å². The Balaban J connectivity index is 2.39. The van der Waals surface area contributed by atoms with Crippen LogP contribution in [-0.4, -0.2) is 20.9 Å². The van der Waals surface area contributed by atoms with Gasteiger partial charge in [-0.15, -0.1) is 0 Å². The number of aromatic nitrogens is 2. The predicted octanol–water partition coefficient (Wildman–Crippen LogP) is 2.18. The normalized spacial score (nSPS) is 10.1. The van der Waals surface area contributed by atoms with Gasteiger partial charge in [-0.2, -0.15) is 10.4 Å². The summed E-state index contributed by atoms with van der Waals surface area (Å²) in [5.74, 6) is -1.75. The van der Waals surface area contributed by atoms with Gasteiger partial charge in [-0.3, -0.25) is 4.68 Å². The second-order valence-corrected chi connectivity index (χ2v) is 4.17. The van der Waals surface area contributed by atoms with Gasteiger partial charge in [-0.05, 0) is 25.1 Å². The first-order chi connectivity index (χ1) is 9.43. The lowest BCUT2D eigenvalue weighted by atomic mass is 10.2. The molecule has 1 heterocycles. The van der Waals surface area contributed by atoms with Gasteiger partial charge in [-0.25, -0.2) is 9.18 Å². The monoisotopic (exact) mass is 274 g/mol. The van der Waals surface area contributed by atoms with Crippen LogP contribution < -0.4 is 5.32 Å². The zero-order valence-electron chi connectivity index (χ0n) is 10.8. The Morgan fingerprint density at radius 3 is 2.80 bits per heavy atom. The lowest BCUT2D eigenvalue weighted by Gasteiger charge is -2.08. The molecule has 0 unspecified atom stereocenters. The molecule has 0 saturated carbocycles. The quantitative estimate of drug-likeness (QED) is 0.895. The number of halogens is 1. The highest BCUT2D eigenvalue weighted by Gasteiger charge is 2.15. The third-order valence-corrected chi connectivity index (χ3v) is 2.80. The van der Waals surface area contributed by atoms with Gasteiger partial charge in [0.05, 0.1) is 11.3 Å². The van der Waals surface area contributed by atoms with Crippen LogP contribution in [0.15, 0.2) is 18.2 Å². The summed E-state index contributed by atoms with van der Waals surface area (Å²) in [5, 5.41) is 24.8. The van der Waals surface area contributed by atoms with Crippen LogP contribution in [0.2, 0.25) is 0 Å². The molecule has 2 rings (SSSR count). The minimum absolute atomic E-state index is 0.340. The maximum atomic E-state index is 13.6. The van der Waals surface area contributed by atoms with Gasteiger partial charge in [0, 0.05) is 12.7 Å². The van der Waals surface area contributed by atoms with E-state index in [1.54, 1.807) is 14.0 Å². The topological polar surface area (TPSA) is 90.9 Å². The van der Waals surface area contributed by atoms with Crippen LogP contribution in [0.4, 0.5) is 15.9 Å². The molecule has 20 heavy (non-hydrogen) atoms. The van der Waals surface area contributed by atoms with E-state index in [0.29, 0.717) is 22.8 Å². The highest BCUT2D eigenvalue weighted by Crippen LogP contribution is 2.23. The molecule has 0 aliphatic carbocycles. The number of hydrogen-bond donors (Lipinski definition) is 2. The molecule has 102 valence electrons. The summed E-state index contributed by atoms with van der Waals surface area (Å²) >= 11 is 0. The number of carboxylic acids is 1. The minimum atomic E-state index is -1.33. The Bertz CT molecular complexity index is 731. The summed E-state index contributed by atoms with van der Waals surface area (Å²) in [6.07, 6.45) is 0. The van der Waals surface area contributed by atoms with Gasteiger partial charge in [0.25, 0.3) is 0 Å². The molecule has 0 aliphatic rings.